The van der Waals surface area contributed by atoms with Crippen LogP contribution in [-0.4, -0.2) is 60.8 Å². The molecule has 12 heteroatoms. The Balaban J connectivity index is 1.51. The summed E-state index contributed by atoms with van der Waals surface area (Å²) in [5, 5.41) is 10.5. The standard InChI is InChI=1S/C29H24Br2Cl2N2O6/c1-41-20-10-15(9-19(31)23(20)36)22-16-7-8-17-21(25(38)34(24(17)37)12-14-5-3-2-4-6-14)18(16)11-28(32)26(39)35(13-30)27(40)29(22,28)33/h2-7,9-10,17-18,21-22,36H,8,11-13H2,1H3/t17-,18+,21-,22-,28+,29-/m0/s1. The Hall–Kier alpha value is -2.40. The molecule has 3 fully saturated rings. The van der Waals surface area contributed by atoms with E-state index >= 15 is 0 Å². The first kappa shape index (κ1) is 28.7. The van der Waals surface area contributed by atoms with Gasteiger partial charge < -0.3 is 9.84 Å². The van der Waals surface area contributed by atoms with Crippen molar-refractivity contribution in [1.29, 1.82) is 0 Å². The lowest BCUT2D eigenvalue weighted by Gasteiger charge is -2.50. The summed E-state index contributed by atoms with van der Waals surface area (Å²) in [6.45, 7) is 0.138. The Morgan fingerprint density at radius 1 is 1.02 bits per heavy atom. The summed E-state index contributed by atoms with van der Waals surface area (Å²) in [7, 11) is 1.39. The number of alkyl halides is 3. The second kappa shape index (κ2) is 10.1. The van der Waals surface area contributed by atoms with E-state index in [0.29, 0.717) is 15.6 Å². The van der Waals surface area contributed by atoms with Gasteiger partial charge in [-0.1, -0.05) is 57.9 Å². The highest BCUT2D eigenvalue weighted by molar-refractivity contribution is 9.10. The van der Waals surface area contributed by atoms with Crippen molar-refractivity contribution in [2.45, 2.75) is 35.1 Å². The predicted molar refractivity (Wildman–Crippen MR) is 158 cm³/mol. The van der Waals surface area contributed by atoms with Crippen LogP contribution in [0.2, 0.25) is 0 Å². The zero-order valence-corrected chi connectivity index (χ0v) is 26.3. The van der Waals surface area contributed by atoms with E-state index in [-0.39, 0.29) is 48.2 Å². The van der Waals surface area contributed by atoms with Crippen molar-refractivity contribution in [1.82, 2.24) is 9.80 Å². The lowest BCUT2D eigenvalue weighted by atomic mass is 9.56. The molecule has 2 heterocycles. The minimum atomic E-state index is -1.94. The first-order chi connectivity index (χ1) is 19.5. The lowest BCUT2D eigenvalue weighted by Crippen LogP contribution is -2.60. The number of hydrogen-bond acceptors (Lipinski definition) is 6. The van der Waals surface area contributed by atoms with Crippen LogP contribution >= 0.6 is 55.1 Å². The Kier molecular flexibility index (Phi) is 7.08. The SMILES string of the molecule is COc1cc([C@H]2C3=CC[C@@H]4C(=O)N(Cc5ccccc5)C(=O)[C@@H]4[C@@H]3C[C@@]3(Cl)C(=O)N(CBr)C(=O)[C@@]23Cl)cc(Br)c1O. The fourth-order valence-corrected chi connectivity index (χ4v) is 8.92. The number of allylic oxidation sites excluding steroid dienone is 2. The van der Waals surface area contributed by atoms with Crippen molar-refractivity contribution >= 4 is 78.7 Å². The van der Waals surface area contributed by atoms with Crippen LogP contribution in [0.25, 0.3) is 0 Å². The number of amides is 4. The molecule has 6 rings (SSSR count). The Morgan fingerprint density at radius 2 is 1.73 bits per heavy atom. The third-order valence-corrected chi connectivity index (χ3v) is 11.4. The fraction of sp³-hybridized carbons (Fsp3) is 0.379. The second-order valence-corrected chi connectivity index (χ2v) is 13.4. The van der Waals surface area contributed by atoms with Gasteiger partial charge in [0.2, 0.25) is 11.8 Å². The molecule has 0 radical (unpaired) electrons. The van der Waals surface area contributed by atoms with Crippen molar-refractivity contribution in [2.24, 2.45) is 17.8 Å². The number of hydrogen-bond donors (Lipinski definition) is 1. The number of aromatic hydroxyl groups is 1. The van der Waals surface area contributed by atoms with Crippen LogP contribution in [0.15, 0.2) is 58.6 Å². The maximum atomic E-state index is 14.0. The molecule has 1 N–H and O–H groups in total. The molecule has 2 saturated heterocycles. The molecular weight excluding hydrogens is 703 g/mol. The molecule has 6 atom stereocenters. The number of phenolic OH excluding ortho intramolecular Hbond substituents is 1. The molecule has 214 valence electrons. The monoisotopic (exact) mass is 724 g/mol. The second-order valence-electron chi connectivity index (χ2n) is 10.8. The summed E-state index contributed by atoms with van der Waals surface area (Å²) >= 11 is 21.1. The van der Waals surface area contributed by atoms with Gasteiger partial charge in [0.15, 0.2) is 21.2 Å². The van der Waals surface area contributed by atoms with Crippen LogP contribution in [-0.2, 0) is 25.7 Å². The first-order valence-corrected chi connectivity index (χ1v) is 15.6. The third kappa shape index (κ3) is 3.90. The number of benzene rings is 2. The molecule has 2 aromatic rings. The van der Waals surface area contributed by atoms with Gasteiger partial charge in [0.1, 0.15) is 0 Å². The molecule has 0 bridgehead atoms. The zero-order valence-electron chi connectivity index (χ0n) is 21.7. The zero-order chi connectivity index (χ0) is 29.4. The highest BCUT2D eigenvalue weighted by atomic mass is 79.9. The van der Waals surface area contributed by atoms with E-state index in [2.05, 4.69) is 31.9 Å². The molecule has 4 aliphatic rings. The summed E-state index contributed by atoms with van der Waals surface area (Å²) in [5.74, 6) is -4.93. The molecule has 1 saturated carbocycles. The number of rotatable bonds is 5. The van der Waals surface area contributed by atoms with Gasteiger partial charge in [-0.15, -0.1) is 23.2 Å². The summed E-state index contributed by atoms with van der Waals surface area (Å²) in [5.41, 5.74) is 1.84. The molecule has 2 aliphatic heterocycles. The Bertz CT molecular complexity index is 1540. The smallest absolute Gasteiger partial charge is 0.254 e. The summed E-state index contributed by atoms with van der Waals surface area (Å²) in [6, 6.07) is 12.4. The van der Waals surface area contributed by atoms with Crippen LogP contribution in [0.3, 0.4) is 0 Å². The van der Waals surface area contributed by atoms with Gasteiger partial charge in [-0.25, -0.2) is 0 Å². The summed E-state index contributed by atoms with van der Waals surface area (Å²) in [6.07, 6.45) is 2.05. The van der Waals surface area contributed by atoms with Crippen molar-refractivity contribution in [2.75, 3.05) is 12.6 Å². The van der Waals surface area contributed by atoms with Gasteiger partial charge in [-0.2, -0.15) is 0 Å². The molecular formula is C29H24Br2Cl2N2O6. The average molecular weight is 727 g/mol. The highest BCUT2D eigenvalue weighted by Gasteiger charge is 2.76. The largest absolute Gasteiger partial charge is 0.503 e. The molecule has 4 amide bonds. The summed E-state index contributed by atoms with van der Waals surface area (Å²) in [4.78, 5) is 53.6. The molecule has 8 nitrogen and oxygen atoms in total. The topological polar surface area (TPSA) is 104 Å². The number of fused-ring (bicyclic) bond motifs is 4. The number of imide groups is 2. The van der Waals surface area contributed by atoms with Crippen molar-refractivity contribution < 1.29 is 29.0 Å². The molecule has 0 aromatic heterocycles. The number of methoxy groups -OCH3 is 1. The van der Waals surface area contributed by atoms with Crippen molar-refractivity contribution in [3.8, 4) is 11.5 Å². The number of carbonyl (C=O) groups excluding carboxylic acids is 4. The van der Waals surface area contributed by atoms with Gasteiger partial charge in [0, 0.05) is 5.92 Å². The average Bonchev–Trinajstić information content (AvgIpc) is 3.28. The number of phenols is 1. The Labute approximate surface area is 262 Å². The molecule has 0 unspecified atom stereocenters. The number of likely N-dealkylation sites (tertiary alicyclic amines) is 2. The van der Waals surface area contributed by atoms with Gasteiger partial charge in [0.05, 0.1) is 35.4 Å². The fourth-order valence-electron chi connectivity index (χ4n) is 7.03. The summed E-state index contributed by atoms with van der Waals surface area (Å²) < 4.78 is 5.66. The molecule has 2 aliphatic carbocycles. The number of nitrogens with zero attached hydrogens (tertiary/aromatic N) is 2. The molecule has 2 aromatic carbocycles. The Morgan fingerprint density at radius 3 is 2.39 bits per heavy atom. The predicted octanol–water partition coefficient (Wildman–Crippen LogP) is 5.07. The van der Waals surface area contributed by atoms with E-state index in [0.717, 1.165) is 10.5 Å². The third-order valence-electron chi connectivity index (χ3n) is 8.89. The number of ether oxygens (including phenoxy) is 1. The van der Waals surface area contributed by atoms with E-state index in [1.54, 1.807) is 12.1 Å². The van der Waals surface area contributed by atoms with E-state index in [4.69, 9.17) is 27.9 Å². The molecule has 41 heavy (non-hydrogen) atoms. The van der Waals surface area contributed by atoms with Gasteiger partial charge in [0.25, 0.3) is 11.8 Å². The van der Waals surface area contributed by atoms with Gasteiger partial charge in [-0.05, 0) is 57.9 Å². The van der Waals surface area contributed by atoms with Gasteiger partial charge in [-0.3, -0.25) is 29.0 Å². The minimum Gasteiger partial charge on any atom is -0.503 e. The first-order valence-electron chi connectivity index (χ1n) is 12.9. The maximum absolute atomic E-state index is 14.0. The number of carbonyl (C=O) groups is 4. The van der Waals surface area contributed by atoms with Crippen LogP contribution in [0.4, 0.5) is 0 Å². The van der Waals surface area contributed by atoms with Crippen LogP contribution < -0.4 is 4.74 Å². The van der Waals surface area contributed by atoms with Crippen LogP contribution in [0.1, 0.15) is 29.9 Å². The van der Waals surface area contributed by atoms with Crippen LogP contribution in [0.5, 0.6) is 11.5 Å². The normalized spacial score (nSPS) is 32.6. The van der Waals surface area contributed by atoms with E-state index in [1.165, 1.54) is 12.0 Å². The minimum absolute atomic E-state index is 0.0930. The van der Waals surface area contributed by atoms with Crippen molar-refractivity contribution in [3.63, 3.8) is 0 Å². The lowest BCUT2D eigenvalue weighted by molar-refractivity contribution is -0.141. The van der Waals surface area contributed by atoms with E-state index in [1.807, 2.05) is 36.4 Å². The quantitative estimate of drug-likeness (QED) is 0.200. The highest BCUT2D eigenvalue weighted by Crippen LogP contribution is 2.66. The van der Waals surface area contributed by atoms with E-state index in [9.17, 15) is 24.3 Å². The number of halogens is 4. The van der Waals surface area contributed by atoms with Crippen LogP contribution in [0, 0.1) is 17.8 Å². The van der Waals surface area contributed by atoms with E-state index < -0.39 is 45.2 Å². The maximum Gasteiger partial charge on any atom is 0.254 e. The van der Waals surface area contributed by atoms with Crippen molar-refractivity contribution in [3.05, 3.63) is 69.7 Å². The molecule has 0 spiro atoms. The van der Waals surface area contributed by atoms with Gasteiger partial charge >= 0.3 is 0 Å².